The number of carbonyl (C=O) groups excluding carboxylic acids is 2. The molecule has 2 atom stereocenters. The van der Waals surface area contributed by atoms with Crippen LogP contribution < -0.4 is 0 Å². The molecule has 0 aromatic rings. The van der Waals surface area contributed by atoms with E-state index in [0.717, 1.165) is 5.92 Å². The summed E-state index contributed by atoms with van der Waals surface area (Å²) >= 11 is 0. The Labute approximate surface area is 119 Å². The maximum atomic E-state index is 11.8. The molecule has 0 aromatic carbocycles. The molecule has 6 heteroatoms. The Kier molecular flexibility index (Phi) is 5.37. The minimum Gasteiger partial charge on any atom is -0.469 e. The zero-order valence-electron chi connectivity index (χ0n) is 11.6. The largest absolute Gasteiger partial charge is 0.469 e. The fourth-order valence-electron chi connectivity index (χ4n) is 2.39. The molecular formula is C14H18NO5. The van der Waals surface area contributed by atoms with Gasteiger partial charge in [-0.15, -0.1) is 0 Å². The van der Waals surface area contributed by atoms with Crippen LogP contribution in [0.4, 0.5) is 0 Å². The number of nitrogens with zero attached hydrogens (tertiary/aromatic N) is 1. The summed E-state index contributed by atoms with van der Waals surface area (Å²) in [6, 6.07) is -0.234. The van der Waals surface area contributed by atoms with Gasteiger partial charge >= 0.3 is 11.9 Å². The molecule has 0 unspecified atom stereocenters. The quantitative estimate of drug-likeness (QED) is 0.678. The molecule has 109 valence electrons. The maximum Gasteiger partial charge on any atom is 0.312 e. The van der Waals surface area contributed by atoms with Crippen LogP contribution in [0.1, 0.15) is 6.42 Å². The summed E-state index contributed by atoms with van der Waals surface area (Å²) < 4.78 is 9.44. The van der Waals surface area contributed by atoms with Gasteiger partial charge in [-0.05, 0) is 25.7 Å². The van der Waals surface area contributed by atoms with Crippen molar-refractivity contribution < 1.29 is 23.9 Å². The third-order valence-corrected chi connectivity index (χ3v) is 3.41. The number of ether oxygens (including phenoxy) is 2. The van der Waals surface area contributed by atoms with Crippen molar-refractivity contribution in [2.24, 2.45) is 5.92 Å². The standard InChI is InChI=1S/C14H18NO5/c1-18-12(16)7-8-15-13(10-5-3-4-6-10)11(9-20-15)14(17)19-2/h3-6,11,13H,7-9H2,1-2H3/t11-,13+/m0/s1. The molecule has 1 saturated carbocycles. The fourth-order valence-corrected chi connectivity index (χ4v) is 2.39. The first-order valence-corrected chi connectivity index (χ1v) is 6.43. The van der Waals surface area contributed by atoms with Crippen LogP contribution in [0, 0.1) is 37.5 Å². The second kappa shape index (κ2) is 7.04. The van der Waals surface area contributed by atoms with E-state index in [4.69, 9.17) is 9.57 Å². The number of carbonyl (C=O) groups is 2. The molecule has 0 spiro atoms. The molecule has 6 nitrogen and oxygen atoms in total. The molecule has 0 amide bonds. The van der Waals surface area contributed by atoms with Crippen molar-refractivity contribution in [3.8, 4) is 0 Å². The van der Waals surface area contributed by atoms with Crippen molar-refractivity contribution in [2.75, 3.05) is 27.4 Å². The molecule has 0 N–H and O–H groups in total. The lowest BCUT2D eigenvalue weighted by atomic mass is 9.88. The van der Waals surface area contributed by atoms with Gasteiger partial charge in [-0.25, -0.2) is 0 Å². The smallest absolute Gasteiger partial charge is 0.312 e. The van der Waals surface area contributed by atoms with Gasteiger partial charge in [-0.1, -0.05) is 0 Å². The van der Waals surface area contributed by atoms with Crippen LogP contribution in [-0.2, 0) is 23.9 Å². The van der Waals surface area contributed by atoms with E-state index in [1.54, 1.807) is 5.06 Å². The average molecular weight is 280 g/mol. The second-order valence-corrected chi connectivity index (χ2v) is 4.56. The first kappa shape index (κ1) is 15.3. The minimum absolute atomic E-state index is 0.210. The van der Waals surface area contributed by atoms with Gasteiger partial charge < -0.3 is 9.47 Å². The SMILES string of the molecule is COC(=O)CCN1OC[C@H](C(=O)OC)[C@H]1[C]1[CH][CH][CH][CH]1. The van der Waals surface area contributed by atoms with Gasteiger partial charge in [0.1, 0.15) is 5.92 Å². The van der Waals surface area contributed by atoms with E-state index in [2.05, 4.69) is 4.74 Å². The van der Waals surface area contributed by atoms with Crippen molar-refractivity contribution in [2.45, 2.75) is 12.5 Å². The molecule has 1 heterocycles. The van der Waals surface area contributed by atoms with E-state index in [1.165, 1.54) is 14.2 Å². The molecule has 20 heavy (non-hydrogen) atoms. The minimum atomic E-state index is -0.389. The normalized spacial score (nSPS) is 27.7. The van der Waals surface area contributed by atoms with Crippen LogP contribution in [0.5, 0.6) is 0 Å². The molecular weight excluding hydrogens is 262 g/mol. The lowest BCUT2D eigenvalue weighted by molar-refractivity contribution is -0.151. The summed E-state index contributed by atoms with van der Waals surface area (Å²) in [6.07, 6.45) is 7.88. The van der Waals surface area contributed by atoms with E-state index in [1.807, 2.05) is 25.7 Å². The van der Waals surface area contributed by atoms with Crippen LogP contribution in [0.2, 0.25) is 0 Å². The van der Waals surface area contributed by atoms with E-state index >= 15 is 0 Å². The zero-order chi connectivity index (χ0) is 14.5. The lowest BCUT2D eigenvalue weighted by Crippen LogP contribution is -2.41. The summed E-state index contributed by atoms with van der Waals surface area (Å²) in [7, 11) is 2.71. The Morgan fingerprint density at radius 3 is 2.60 bits per heavy atom. The molecule has 1 aliphatic heterocycles. The number of methoxy groups -OCH3 is 2. The topological polar surface area (TPSA) is 65.1 Å². The maximum absolute atomic E-state index is 11.8. The molecule has 1 saturated heterocycles. The van der Waals surface area contributed by atoms with Crippen LogP contribution >= 0.6 is 0 Å². The highest BCUT2D eigenvalue weighted by molar-refractivity contribution is 5.74. The van der Waals surface area contributed by atoms with Gasteiger partial charge in [0.15, 0.2) is 0 Å². The average Bonchev–Trinajstić information content (AvgIpc) is 3.12. The van der Waals surface area contributed by atoms with Crippen molar-refractivity contribution in [3.05, 3.63) is 31.6 Å². The molecule has 1 aliphatic carbocycles. The first-order valence-electron chi connectivity index (χ1n) is 6.43. The monoisotopic (exact) mass is 280 g/mol. The molecule has 2 aliphatic rings. The van der Waals surface area contributed by atoms with Gasteiger partial charge in [0.2, 0.25) is 0 Å². The van der Waals surface area contributed by atoms with Crippen LogP contribution in [0.3, 0.4) is 0 Å². The Morgan fingerprint density at radius 1 is 1.30 bits per heavy atom. The van der Waals surface area contributed by atoms with Crippen molar-refractivity contribution in [1.82, 2.24) is 5.06 Å². The zero-order valence-corrected chi connectivity index (χ0v) is 11.6. The Bertz CT molecular complexity index is 353. The summed E-state index contributed by atoms with van der Waals surface area (Å²) in [5.74, 6) is -0.0315. The number of hydrogen-bond acceptors (Lipinski definition) is 6. The predicted molar refractivity (Wildman–Crippen MR) is 69.0 cm³/mol. The van der Waals surface area contributed by atoms with Gasteiger partial charge in [-0.2, -0.15) is 5.06 Å². The fraction of sp³-hybridized carbons (Fsp3) is 0.500. The molecule has 2 rings (SSSR count). The highest BCUT2D eigenvalue weighted by Gasteiger charge is 2.46. The molecule has 0 bridgehead atoms. The van der Waals surface area contributed by atoms with E-state index in [9.17, 15) is 9.59 Å². The summed E-state index contributed by atoms with van der Waals surface area (Å²) in [5.41, 5.74) is 0. The Morgan fingerprint density at radius 2 is 2.00 bits per heavy atom. The summed E-state index contributed by atoms with van der Waals surface area (Å²) in [5, 5.41) is 1.66. The van der Waals surface area contributed by atoms with Gasteiger partial charge in [-0.3, -0.25) is 14.4 Å². The number of esters is 2. The van der Waals surface area contributed by atoms with Crippen LogP contribution in [0.25, 0.3) is 0 Å². The Hall–Kier alpha value is -1.14. The van der Waals surface area contributed by atoms with E-state index < -0.39 is 0 Å². The highest BCUT2D eigenvalue weighted by Crippen LogP contribution is 2.37. The van der Waals surface area contributed by atoms with Crippen LogP contribution in [-0.4, -0.2) is 50.4 Å². The van der Waals surface area contributed by atoms with Crippen molar-refractivity contribution >= 4 is 11.9 Å². The third-order valence-electron chi connectivity index (χ3n) is 3.41. The van der Waals surface area contributed by atoms with Gasteiger partial charge in [0.25, 0.3) is 0 Å². The van der Waals surface area contributed by atoms with Crippen LogP contribution in [0.15, 0.2) is 0 Å². The molecule has 5 radical (unpaired) electrons. The predicted octanol–water partition coefficient (Wildman–Crippen LogP) is 0.360. The highest BCUT2D eigenvalue weighted by atomic mass is 16.7. The first-order chi connectivity index (χ1) is 9.67. The summed E-state index contributed by atoms with van der Waals surface area (Å²) in [6.45, 7) is 0.625. The lowest BCUT2D eigenvalue weighted by Gasteiger charge is -2.28. The van der Waals surface area contributed by atoms with Crippen molar-refractivity contribution in [3.63, 3.8) is 0 Å². The summed E-state index contributed by atoms with van der Waals surface area (Å²) in [4.78, 5) is 28.6. The second-order valence-electron chi connectivity index (χ2n) is 4.56. The van der Waals surface area contributed by atoms with Gasteiger partial charge in [0, 0.05) is 12.5 Å². The third kappa shape index (κ3) is 3.30. The number of hydrogen-bond donors (Lipinski definition) is 0. The molecule has 2 fully saturated rings. The van der Waals surface area contributed by atoms with E-state index in [-0.39, 0.29) is 36.9 Å². The van der Waals surface area contributed by atoms with E-state index in [0.29, 0.717) is 6.54 Å². The number of hydroxylamine groups is 2. The number of rotatable bonds is 5. The van der Waals surface area contributed by atoms with Crippen molar-refractivity contribution in [1.29, 1.82) is 0 Å². The Balaban J connectivity index is 2.02. The van der Waals surface area contributed by atoms with Gasteiger partial charge in [0.05, 0.1) is 33.3 Å². The molecule has 0 aromatic heterocycles.